The first-order valence-corrected chi connectivity index (χ1v) is 6.55. The number of hydrogen-bond donors (Lipinski definition) is 0. The van der Waals surface area contributed by atoms with Crippen LogP contribution in [0.3, 0.4) is 0 Å². The van der Waals surface area contributed by atoms with Crippen molar-refractivity contribution in [3.05, 3.63) is 11.6 Å². The third-order valence-corrected chi connectivity index (χ3v) is 2.91. The van der Waals surface area contributed by atoms with E-state index in [1.807, 2.05) is 0 Å². The normalized spacial score (nSPS) is 14.8. The van der Waals surface area contributed by atoms with Crippen molar-refractivity contribution in [1.29, 1.82) is 0 Å². The molecule has 4 heteroatoms. The quantitative estimate of drug-likeness (QED) is 0.378. The molecule has 0 unspecified atom stereocenters. The largest absolute Gasteiger partial charge is 0.466 e. The van der Waals surface area contributed by atoms with Gasteiger partial charge in [-0.25, -0.2) is 0 Å². The molecule has 4 nitrogen and oxygen atoms in total. The maximum Gasteiger partial charge on any atom is 0.305 e. The van der Waals surface area contributed by atoms with Crippen molar-refractivity contribution >= 4 is 17.5 Å². The Hall–Kier alpha value is -1.45. The molecular formula is C14H20O4. The van der Waals surface area contributed by atoms with Gasteiger partial charge in [-0.05, 0) is 37.8 Å². The van der Waals surface area contributed by atoms with Crippen LogP contribution in [0.1, 0.15) is 51.9 Å². The van der Waals surface area contributed by atoms with Crippen molar-refractivity contribution in [3.63, 3.8) is 0 Å². The Kier molecular flexibility index (Phi) is 6.33. The third-order valence-electron chi connectivity index (χ3n) is 2.91. The van der Waals surface area contributed by atoms with Crippen LogP contribution in [0.25, 0.3) is 0 Å². The molecule has 18 heavy (non-hydrogen) atoms. The smallest absolute Gasteiger partial charge is 0.305 e. The van der Waals surface area contributed by atoms with E-state index in [2.05, 4.69) is 0 Å². The van der Waals surface area contributed by atoms with Gasteiger partial charge in [0.05, 0.1) is 13.0 Å². The fraction of sp³-hybridized carbons (Fsp3) is 0.643. The maximum absolute atomic E-state index is 11.3. The Morgan fingerprint density at radius 1 is 1.22 bits per heavy atom. The highest BCUT2D eigenvalue weighted by atomic mass is 16.5. The Labute approximate surface area is 107 Å². The Bertz CT molecular complexity index is 355. The third kappa shape index (κ3) is 5.25. The van der Waals surface area contributed by atoms with Crippen LogP contribution in [0.4, 0.5) is 0 Å². The summed E-state index contributed by atoms with van der Waals surface area (Å²) in [5, 5.41) is 0. The monoisotopic (exact) mass is 252 g/mol. The van der Waals surface area contributed by atoms with Crippen LogP contribution in [0.5, 0.6) is 0 Å². The second-order valence-corrected chi connectivity index (χ2v) is 4.46. The average molecular weight is 252 g/mol. The molecule has 0 bridgehead atoms. The molecule has 0 heterocycles. The van der Waals surface area contributed by atoms with Crippen LogP contribution in [-0.2, 0) is 19.1 Å². The second-order valence-electron chi connectivity index (χ2n) is 4.46. The molecular weight excluding hydrogens is 232 g/mol. The first-order valence-electron chi connectivity index (χ1n) is 6.55. The molecule has 0 saturated heterocycles. The van der Waals surface area contributed by atoms with Crippen molar-refractivity contribution < 1.29 is 19.1 Å². The summed E-state index contributed by atoms with van der Waals surface area (Å²) < 4.78 is 4.83. The van der Waals surface area contributed by atoms with Crippen LogP contribution >= 0.6 is 0 Å². The molecule has 1 rings (SSSR count). The summed E-state index contributed by atoms with van der Waals surface area (Å²) in [7, 11) is 0. The Balaban J connectivity index is 2.02. The number of esters is 1. The highest BCUT2D eigenvalue weighted by Crippen LogP contribution is 2.18. The number of hydrogen-bond acceptors (Lipinski definition) is 4. The lowest BCUT2D eigenvalue weighted by Gasteiger charge is -2.02. The van der Waals surface area contributed by atoms with Gasteiger partial charge >= 0.3 is 5.97 Å². The summed E-state index contributed by atoms with van der Waals surface area (Å²) in [5.74, 6) is -0.236. The van der Waals surface area contributed by atoms with Crippen molar-refractivity contribution in [2.24, 2.45) is 0 Å². The van der Waals surface area contributed by atoms with Crippen molar-refractivity contribution in [2.45, 2.75) is 51.9 Å². The first-order chi connectivity index (χ1) is 8.63. The van der Waals surface area contributed by atoms with E-state index in [-0.39, 0.29) is 24.0 Å². The van der Waals surface area contributed by atoms with Gasteiger partial charge in [0.15, 0.2) is 11.6 Å². The van der Waals surface area contributed by atoms with Crippen LogP contribution < -0.4 is 0 Å². The zero-order valence-electron chi connectivity index (χ0n) is 10.9. The number of carbonyl (C=O) groups is 3. The van der Waals surface area contributed by atoms with Crippen LogP contribution in [0, 0.1) is 0 Å². The number of Topliss-reactive ketones (excluding diaryl/α,β-unsaturated/α-hetero) is 1. The van der Waals surface area contributed by atoms with E-state index in [1.54, 1.807) is 6.92 Å². The molecule has 0 spiro atoms. The minimum Gasteiger partial charge on any atom is -0.466 e. The molecule has 0 aromatic heterocycles. The van der Waals surface area contributed by atoms with E-state index in [0.29, 0.717) is 25.0 Å². The SMILES string of the molecule is CCOC(=O)CCCCCCC1=CC(=O)CC1=O. The number of unbranched alkanes of at least 4 members (excludes halogenated alkanes) is 3. The van der Waals surface area contributed by atoms with Crippen molar-refractivity contribution in [2.75, 3.05) is 6.61 Å². The first kappa shape index (κ1) is 14.6. The van der Waals surface area contributed by atoms with Gasteiger partial charge in [0, 0.05) is 6.42 Å². The molecule has 0 N–H and O–H groups in total. The zero-order chi connectivity index (χ0) is 13.4. The average Bonchev–Trinajstić information content (AvgIpc) is 2.62. The van der Waals surface area contributed by atoms with Gasteiger partial charge in [-0.2, -0.15) is 0 Å². The highest BCUT2D eigenvalue weighted by Gasteiger charge is 2.20. The molecule has 0 amide bonds. The fourth-order valence-corrected chi connectivity index (χ4v) is 1.98. The number of rotatable bonds is 8. The van der Waals surface area contributed by atoms with Crippen LogP contribution in [0.15, 0.2) is 11.6 Å². The van der Waals surface area contributed by atoms with Crippen LogP contribution in [0.2, 0.25) is 0 Å². The summed E-state index contributed by atoms with van der Waals surface area (Å²) in [6.07, 6.45) is 6.32. The minimum atomic E-state index is -0.142. The molecule has 0 aromatic carbocycles. The summed E-state index contributed by atoms with van der Waals surface area (Å²) in [4.78, 5) is 33.4. The molecule has 0 saturated carbocycles. The summed E-state index contributed by atoms with van der Waals surface area (Å²) in [5.41, 5.74) is 0.672. The van der Waals surface area contributed by atoms with E-state index in [1.165, 1.54) is 6.08 Å². The van der Waals surface area contributed by atoms with Gasteiger partial charge in [0.2, 0.25) is 0 Å². The number of ether oxygens (including phenoxy) is 1. The van der Waals surface area contributed by atoms with Gasteiger partial charge in [0.25, 0.3) is 0 Å². The molecule has 1 aliphatic carbocycles. The van der Waals surface area contributed by atoms with Gasteiger partial charge < -0.3 is 4.74 Å². The lowest BCUT2D eigenvalue weighted by molar-refractivity contribution is -0.143. The predicted octanol–water partition coefficient (Wildman–Crippen LogP) is 2.36. The fourth-order valence-electron chi connectivity index (χ4n) is 1.98. The summed E-state index contributed by atoms with van der Waals surface area (Å²) in [6.45, 7) is 2.23. The summed E-state index contributed by atoms with van der Waals surface area (Å²) in [6, 6.07) is 0. The van der Waals surface area contributed by atoms with Gasteiger partial charge in [-0.1, -0.05) is 12.8 Å². The van der Waals surface area contributed by atoms with Crippen molar-refractivity contribution in [3.8, 4) is 0 Å². The van der Waals surface area contributed by atoms with Crippen LogP contribution in [-0.4, -0.2) is 24.1 Å². The van der Waals surface area contributed by atoms with Gasteiger partial charge in [-0.15, -0.1) is 0 Å². The zero-order valence-corrected chi connectivity index (χ0v) is 10.9. The number of ketones is 2. The maximum atomic E-state index is 11.3. The Morgan fingerprint density at radius 3 is 2.56 bits per heavy atom. The van der Waals surface area contributed by atoms with E-state index in [4.69, 9.17) is 4.74 Å². The summed E-state index contributed by atoms with van der Waals surface area (Å²) >= 11 is 0. The predicted molar refractivity (Wildman–Crippen MR) is 67.0 cm³/mol. The Morgan fingerprint density at radius 2 is 1.94 bits per heavy atom. The molecule has 0 aliphatic heterocycles. The highest BCUT2D eigenvalue weighted by molar-refractivity contribution is 6.19. The van der Waals surface area contributed by atoms with Gasteiger partial charge in [0.1, 0.15) is 0 Å². The standard InChI is InChI=1S/C14H20O4/c1-2-18-14(17)8-6-4-3-5-7-11-9-12(15)10-13(11)16/h9H,2-8,10H2,1H3. The van der Waals surface area contributed by atoms with E-state index in [0.717, 1.165) is 25.7 Å². The number of carbonyl (C=O) groups excluding carboxylic acids is 3. The molecule has 0 radical (unpaired) electrons. The molecule has 0 aromatic rings. The van der Waals surface area contributed by atoms with Gasteiger partial charge in [-0.3, -0.25) is 14.4 Å². The molecule has 0 atom stereocenters. The molecule has 0 fully saturated rings. The topological polar surface area (TPSA) is 60.4 Å². The second kappa shape index (κ2) is 7.80. The van der Waals surface area contributed by atoms with E-state index >= 15 is 0 Å². The minimum absolute atomic E-state index is 0.0217. The van der Waals surface area contributed by atoms with E-state index in [9.17, 15) is 14.4 Å². The van der Waals surface area contributed by atoms with E-state index < -0.39 is 0 Å². The number of allylic oxidation sites excluding steroid dienone is 2. The molecule has 1 aliphatic rings. The lowest BCUT2D eigenvalue weighted by atomic mass is 10.0. The lowest BCUT2D eigenvalue weighted by Crippen LogP contribution is -2.03. The van der Waals surface area contributed by atoms with Crippen molar-refractivity contribution in [1.82, 2.24) is 0 Å². The molecule has 100 valence electrons.